The topological polar surface area (TPSA) is 76.1 Å². The number of carbonyl (C=O) groups excluding carboxylic acids is 2. The Bertz CT molecular complexity index is 784. The standard InChI is InChI=1S/C46H89NO5/c1-4-7-10-13-16-22-29-42-51-44(49)32-25-20-17-21-28-38-47(40-41-48)39-37-46(35-36-46)34-27-26-33-45(50)52-43(30-23-18-14-11-8-5-2)31-24-19-15-12-9-6-3/h43,48H,4-42H2,1-3H3. The van der Waals surface area contributed by atoms with Crippen LogP contribution in [-0.2, 0) is 19.1 Å². The molecule has 1 N–H and O–H groups in total. The van der Waals surface area contributed by atoms with E-state index in [2.05, 4.69) is 25.7 Å². The summed E-state index contributed by atoms with van der Waals surface area (Å²) in [4.78, 5) is 27.3. The van der Waals surface area contributed by atoms with Crippen molar-refractivity contribution in [1.82, 2.24) is 4.90 Å². The van der Waals surface area contributed by atoms with Gasteiger partial charge in [0.1, 0.15) is 6.10 Å². The molecule has 1 aliphatic carbocycles. The molecule has 0 saturated heterocycles. The van der Waals surface area contributed by atoms with E-state index in [1.165, 1.54) is 148 Å². The molecule has 0 amide bonds. The van der Waals surface area contributed by atoms with Crippen molar-refractivity contribution in [2.75, 3.05) is 32.8 Å². The monoisotopic (exact) mass is 736 g/mol. The Morgan fingerprint density at radius 3 is 1.58 bits per heavy atom. The number of esters is 2. The molecule has 0 radical (unpaired) electrons. The van der Waals surface area contributed by atoms with Gasteiger partial charge in [-0.1, -0.05) is 149 Å². The number of nitrogens with zero attached hydrogens (tertiary/aromatic N) is 1. The summed E-state index contributed by atoms with van der Waals surface area (Å²) >= 11 is 0. The van der Waals surface area contributed by atoms with Gasteiger partial charge in [-0.05, 0) is 95.6 Å². The van der Waals surface area contributed by atoms with Gasteiger partial charge < -0.3 is 19.5 Å². The fourth-order valence-electron chi connectivity index (χ4n) is 7.71. The molecule has 6 heteroatoms. The number of carbonyl (C=O) groups is 2. The molecule has 1 saturated carbocycles. The van der Waals surface area contributed by atoms with Crippen LogP contribution in [0.15, 0.2) is 0 Å². The summed E-state index contributed by atoms with van der Waals surface area (Å²) in [6.45, 7) is 10.4. The predicted molar refractivity (Wildman–Crippen MR) is 221 cm³/mol. The molecule has 6 nitrogen and oxygen atoms in total. The van der Waals surface area contributed by atoms with Gasteiger partial charge in [-0.15, -0.1) is 0 Å². The number of unbranched alkanes of at least 4 members (excludes halogenated alkanes) is 21. The maximum atomic E-state index is 12.9. The first-order chi connectivity index (χ1) is 25.5. The van der Waals surface area contributed by atoms with Crippen LogP contribution >= 0.6 is 0 Å². The van der Waals surface area contributed by atoms with E-state index in [1.807, 2.05) is 0 Å². The molecule has 1 rings (SSSR count). The van der Waals surface area contributed by atoms with Crippen LogP contribution in [0.5, 0.6) is 0 Å². The minimum atomic E-state index is -0.0275. The molecule has 1 aliphatic rings. The molecule has 0 spiro atoms. The maximum Gasteiger partial charge on any atom is 0.306 e. The van der Waals surface area contributed by atoms with Crippen molar-refractivity contribution >= 4 is 11.9 Å². The fraction of sp³-hybridized carbons (Fsp3) is 0.957. The SMILES string of the molecule is CCCCCCCCCOC(=O)CCCCCCCN(CCO)CCC1(CCCCC(=O)OC(CCCCCCCC)CCCCCCCC)CC1. The lowest BCUT2D eigenvalue weighted by Crippen LogP contribution is -2.30. The van der Waals surface area contributed by atoms with E-state index in [0.717, 1.165) is 77.4 Å². The average Bonchev–Trinajstić information content (AvgIpc) is 3.92. The van der Waals surface area contributed by atoms with Crippen LogP contribution in [0.2, 0.25) is 0 Å². The summed E-state index contributed by atoms with van der Waals surface area (Å²) in [5, 5.41) is 9.68. The van der Waals surface area contributed by atoms with Crippen molar-refractivity contribution in [3.63, 3.8) is 0 Å². The van der Waals surface area contributed by atoms with Gasteiger partial charge in [0.2, 0.25) is 0 Å². The van der Waals surface area contributed by atoms with E-state index in [4.69, 9.17) is 9.47 Å². The average molecular weight is 736 g/mol. The number of rotatable bonds is 41. The predicted octanol–water partition coefficient (Wildman–Crippen LogP) is 13.1. The van der Waals surface area contributed by atoms with Gasteiger partial charge in [0.25, 0.3) is 0 Å². The van der Waals surface area contributed by atoms with Crippen molar-refractivity contribution in [3.8, 4) is 0 Å². The molecule has 0 aliphatic heterocycles. The summed E-state index contributed by atoms with van der Waals surface area (Å²) in [5.41, 5.74) is 0.457. The lowest BCUT2D eigenvalue weighted by atomic mass is 9.94. The summed E-state index contributed by atoms with van der Waals surface area (Å²) < 4.78 is 11.5. The Balaban J connectivity index is 2.19. The smallest absolute Gasteiger partial charge is 0.306 e. The maximum absolute atomic E-state index is 12.9. The molecule has 0 aromatic carbocycles. The third kappa shape index (κ3) is 30.2. The second-order valence-corrected chi connectivity index (χ2v) is 16.6. The molecule has 52 heavy (non-hydrogen) atoms. The first kappa shape index (κ1) is 48.9. The van der Waals surface area contributed by atoms with Crippen LogP contribution in [-0.4, -0.2) is 60.9 Å². The largest absolute Gasteiger partial charge is 0.466 e. The van der Waals surface area contributed by atoms with Gasteiger partial charge in [-0.3, -0.25) is 9.59 Å². The molecule has 0 heterocycles. The van der Waals surface area contributed by atoms with Crippen LogP contribution in [0.1, 0.15) is 239 Å². The summed E-state index contributed by atoms with van der Waals surface area (Å²) in [6.07, 6.45) is 40.0. The number of ether oxygens (including phenoxy) is 2. The second kappa shape index (κ2) is 35.6. The van der Waals surface area contributed by atoms with E-state index < -0.39 is 0 Å². The Morgan fingerprint density at radius 1 is 0.538 bits per heavy atom. The fourth-order valence-corrected chi connectivity index (χ4v) is 7.71. The van der Waals surface area contributed by atoms with Gasteiger partial charge in [-0.25, -0.2) is 0 Å². The second-order valence-electron chi connectivity index (χ2n) is 16.6. The number of aliphatic hydroxyl groups excluding tert-OH is 1. The normalized spacial score (nSPS) is 13.7. The van der Waals surface area contributed by atoms with E-state index in [9.17, 15) is 14.7 Å². The minimum Gasteiger partial charge on any atom is -0.466 e. The van der Waals surface area contributed by atoms with Crippen molar-refractivity contribution in [3.05, 3.63) is 0 Å². The minimum absolute atomic E-state index is 0.0275. The molecule has 308 valence electrons. The third-order valence-electron chi connectivity index (χ3n) is 11.6. The van der Waals surface area contributed by atoms with Gasteiger partial charge in [0.15, 0.2) is 0 Å². The Labute approximate surface area is 323 Å². The van der Waals surface area contributed by atoms with Crippen molar-refractivity contribution in [2.24, 2.45) is 5.41 Å². The molecule has 0 unspecified atom stereocenters. The van der Waals surface area contributed by atoms with Crippen LogP contribution < -0.4 is 0 Å². The highest BCUT2D eigenvalue weighted by Crippen LogP contribution is 2.53. The molecular weight excluding hydrogens is 647 g/mol. The molecule has 0 bridgehead atoms. The highest BCUT2D eigenvalue weighted by atomic mass is 16.5. The third-order valence-corrected chi connectivity index (χ3v) is 11.6. The highest BCUT2D eigenvalue weighted by Gasteiger charge is 2.41. The molecule has 0 aromatic heterocycles. The van der Waals surface area contributed by atoms with Crippen molar-refractivity contribution in [1.29, 1.82) is 0 Å². The Kier molecular flexibility index (Phi) is 33.4. The van der Waals surface area contributed by atoms with Crippen LogP contribution in [0.25, 0.3) is 0 Å². The Hall–Kier alpha value is -1.14. The number of hydrogen-bond donors (Lipinski definition) is 1. The van der Waals surface area contributed by atoms with Gasteiger partial charge in [0, 0.05) is 19.4 Å². The van der Waals surface area contributed by atoms with Crippen molar-refractivity contribution < 1.29 is 24.2 Å². The summed E-state index contributed by atoms with van der Waals surface area (Å²) in [7, 11) is 0. The summed E-state index contributed by atoms with van der Waals surface area (Å²) in [6, 6.07) is 0. The van der Waals surface area contributed by atoms with E-state index in [0.29, 0.717) is 24.9 Å². The zero-order valence-corrected chi connectivity index (χ0v) is 35.2. The van der Waals surface area contributed by atoms with Crippen LogP contribution in [0.3, 0.4) is 0 Å². The first-order valence-corrected chi connectivity index (χ1v) is 23.2. The van der Waals surface area contributed by atoms with Crippen molar-refractivity contribution in [2.45, 2.75) is 245 Å². The van der Waals surface area contributed by atoms with Gasteiger partial charge >= 0.3 is 11.9 Å². The highest BCUT2D eigenvalue weighted by molar-refractivity contribution is 5.69. The molecule has 1 fully saturated rings. The summed E-state index contributed by atoms with van der Waals surface area (Å²) in [5.74, 6) is -0.0000411. The number of aliphatic hydroxyl groups is 1. The zero-order valence-electron chi connectivity index (χ0n) is 35.2. The first-order valence-electron chi connectivity index (χ1n) is 23.2. The van der Waals surface area contributed by atoms with Crippen LogP contribution in [0, 0.1) is 5.41 Å². The lowest BCUT2D eigenvalue weighted by molar-refractivity contribution is -0.150. The quantitative estimate of drug-likeness (QED) is 0.0498. The van der Waals surface area contributed by atoms with Gasteiger partial charge in [0.05, 0.1) is 13.2 Å². The molecular formula is C46H89NO5. The van der Waals surface area contributed by atoms with Gasteiger partial charge in [-0.2, -0.15) is 0 Å². The van der Waals surface area contributed by atoms with E-state index >= 15 is 0 Å². The molecule has 0 atom stereocenters. The zero-order chi connectivity index (χ0) is 37.8. The lowest BCUT2D eigenvalue weighted by Gasteiger charge is -2.24. The Morgan fingerprint density at radius 2 is 1.02 bits per heavy atom. The number of hydrogen-bond acceptors (Lipinski definition) is 6. The van der Waals surface area contributed by atoms with Crippen LogP contribution in [0.4, 0.5) is 0 Å². The van der Waals surface area contributed by atoms with E-state index in [1.54, 1.807) is 0 Å². The van der Waals surface area contributed by atoms with E-state index in [-0.39, 0.29) is 24.6 Å². The molecule has 0 aromatic rings.